The lowest BCUT2D eigenvalue weighted by atomic mass is 9.85. The number of hydrogen-bond donors (Lipinski definition) is 2. The van der Waals surface area contributed by atoms with E-state index in [-0.39, 0.29) is 5.91 Å². The van der Waals surface area contributed by atoms with Gasteiger partial charge < -0.3 is 20.5 Å². The molecule has 0 radical (unpaired) electrons. The van der Waals surface area contributed by atoms with Crippen molar-refractivity contribution >= 4 is 5.91 Å². The monoisotopic (exact) mass is 264 g/mol. The van der Waals surface area contributed by atoms with Crippen molar-refractivity contribution in [2.45, 2.75) is 13.5 Å². The Bertz CT molecular complexity index is 464. The van der Waals surface area contributed by atoms with Gasteiger partial charge in [-0.1, -0.05) is 12.1 Å². The van der Waals surface area contributed by atoms with Crippen LogP contribution in [-0.4, -0.2) is 32.8 Å². The second-order valence-corrected chi connectivity index (χ2v) is 4.96. The smallest absolute Gasteiger partial charge is 0.232 e. The first-order valence-electron chi connectivity index (χ1n) is 6.31. The summed E-state index contributed by atoms with van der Waals surface area (Å²) in [6.45, 7) is 3.62. The average Bonchev–Trinajstić information content (AvgIpc) is 2.36. The standard InChI is InChI=1S/C14H20N2O3/c1-10-5-11(3-4-12(10)18-2)6-16-13(17)14(7-15)8-19-9-14/h3-5H,6-9,15H2,1-2H3,(H,16,17). The van der Waals surface area contributed by atoms with Gasteiger partial charge in [0, 0.05) is 13.1 Å². The molecule has 2 rings (SSSR count). The molecule has 0 aromatic heterocycles. The molecule has 104 valence electrons. The Kier molecular flexibility index (Phi) is 4.07. The van der Waals surface area contributed by atoms with Crippen LogP contribution in [0.4, 0.5) is 0 Å². The van der Waals surface area contributed by atoms with E-state index in [1.165, 1.54) is 0 Å². The van der Waals surface area contributed by atoms with E-state index in [0.29, 0.717) is 26.3 Å². The van der Waals surface area contributed by atoms with Gasteiger partial charge in [-0.3, -0.25) is 4.79 Å². The molecule has 19 heavy (non-hydrogen) atoms. The van der Waals surface area contributed by atoms with Crippen molar-refractivity contribution in [1.82, 2.24) is 5.32 Å². The number of amides is 1. The first kappa shape index (κ1) is 13.8. The fourth-order valence-corrected chi connectivity index (χ4v) is 2.11. The summed E-state index contributed by atoms with van der Waals surface area (Å²) in [5, 5.41) is 2.92. The van der Waals surface area contributed by atoms with Crippen LogP contribution in [0.5, 0.6) is 5.75 Å². The lowest BCUT2D eigenvalue weighted by molar-refractivity contribution is -0.159. The van der Waals surface area contributed by atoms with Gasteiger partial charge in [-0.15, -0.1) is 0 Å². The minimum Gasteiger partial charge on any atom is -0.496 e. The maximum atomic E-state index is 12.1. The second-order valence-electron chi connectivity index (χ2n) is 4.96. The molecule has 0 spiro atoms. The highest BCUT2D eigenvalue weighted by atomic mass is 16.5. The third-order valence-corrected chi connectivity index (χ3v) is 3.54. The summed E-state index contributed by atoms with van der Waals surface area (Å²) < 4.78 is 10.3. The molecule has 0 saturated carbocycles. The Labute approximate surface area is 113 Å². The van der Waals surface area contributed by atoms with E-state index < -0.39 is 5.41 Å². The van der Waals surface area contributed by atoms with Gasteiger partial charge in [-0.2, -0.15) is 0 Å². The number of carbonyl (C=O) groups is 1. The molecule has 1 aromatic rings. The van der Waals surface area contributed by atoms with Gasteiger partial charge in [0.05, 0.1) is 20.3 Å². The Morgan fingerprint density at radius 1 is 1.53 bits per heavy atom. The van der Waals surface area contributed by atoms with Crippen molar-refractivity contribution < 1.29 is 14.3 Å². The van der Waals surface area contributed by atoms with Gasteiger partial charge in [0.15, 0.2) is 0 Å². The van der Waals surface area contributed by atoms with Crippen LogP contribution in [0.1, 0.15) is 11.1 Å². The zero-order chi connectivity index (χ0) is 13.9. The molecule has 1 saturated heterocycles. The lowest BCUT2D eigenvalue weighted by Crippen LogP contribution is -2.58. The molecule has 1 aromatic carbocycles. The third-order valence-electron chi connectivity index (χ3n) is 3.54. The van der Waals surface area contributed by atoms with Crippen LogP contribution in [-0.2, 0) is 16.1 Å². The lowest BCUT2D eigenvalue weighted by Gasteiger charge is -2.38. The molecular formula is C14H20N2O3. The molecule has 1 aliphatic rings. The van der Waals surface area contributed by atoms with Crippen LogP contribution in [0.2, 0.25) is 0 Å². The number of rotatable bonds is 5. The first-order valence-corrected chi connectivity index (χ1v) is 6.31. The van der Waals surface area contributed by atoms with E-state index in [2.05, 4.69) is 5.32 Å². The summed E-state index contributed by atoms with van der Waals surface area (Å²) >= 11 is 0. The summed E-state index contributed by atoms with van der Waals surface area (Å²) in [5.41, 5.74) is 7.21. The zero-order valence-corrected chi connectivity index (χ0v) is 11.4. The molecule has 1 heterocycles. The fraction of sp³-hybridized carbons (Fsp3) is 0.500. The van der Waals surface area contributed by atoms with Gasteiger partial charge >= 0.3 is 0 Å². The minimum atomic E-state index is -0.526. The van der Waals surface area contributed by atoms with E-state index in [0.717, 1.165) is 16.9 Å². The number of ether oxygens (including phenoxy) is 2. The summed E-state index contributed by atoms with van der Waals surface area (Å²) in [6, 6.07) is 5.85. The third kappa shape index (κ3) is 2.72. The summed E-state index contributed by atoms with van der Waals surface area (Å²) in [4.78, 5) is 12.1. The zero-order valence-electron chi connectivity index (χ0n) is 11.4. The SMILES string of the molecule is COc1ccc(CNC(=O)C2(CN)COC2)cc1C. The number of benzene rings is 1. The summed E-state index contributed by atoms with van der Waals surface area (Å²) in [7, 11) is 1.64. The second kappa shape index (κ2) is 5.59. The Hall–Kier alpha value is -1.59. The van der Waals surface area contributed by atoms with Crippen LogP contribution in [0.3, 0.4) is 0 Å². The molecule has 1 amide bonds. The molecular weight excluding hydrogens is 244 g/mol. The number of aryl methyl sites for hydroxylation is 1. The topological polar surface area (TPSA) is 73.6 Å². The molecule has 0 unspecified atom stereocenters. The van der Waals surface area contributed by atoms with Crippen molar-refractivity contribution in [3.63, 3.8) is 0 Å². The summed E-state index contributed by atoms with van der Waals surface area (Å²) in [5.74, 6) is 0.815. The number of methoxy groups -OCH3 is 1. The first-order chi connectivity index (χ1) is 9.11. The average molecular weight is 264 g/mol. The quantitative estimate of drug-likeness (QED) is 0.816. The van der Waals surface area contributed by atoms with Gasteiger partial charge in [0.1, 0.15) is 11.2 Å². The van der Waals surface area contributed by atoms with Crippen LogP contribution in [0.15, 0.2) is 18.2 Å². The molecule has 1 aliphatic heterocycles. The maximum Gasteiger partial charge on any atom is 0.232 e. The van der Waals surface area contributed by atoms with E-state index in [4.69, 9.17) is 15.2 Å². The largest absolute Gasteiger partial charge is 0.496 e. The number of hydrogen-bond acceptors (Lipinski definition) is 4. The van der Waals surface area contributed by atoms with E-state index >= 15 is 0 Å². The number of nitrogens with two attached hydrogens (primary N) is 1. The number of nitrogens with one attached hydrogen (secondary N) is 1. The highest BCUT2D eigenvalue weighted by Gasteiger charge is 2.44. The van der Waals surface area contributed by atoms with Crippen molar-refractivity contribution in [1.29, 1.82) is 0 Å². The molecule has 0 atom stereocenters. The van der Waals surface area contributed by atoms with Crippen molar-refractivity contribution in [2.24, 2.45) is 11.1 Å². The van der Waals surface area contributed by atoms with E-state index in [1.54, 1.807) is 7.11 Å². The number of carbonyl (C=O) groups excluding carboxylic acids is 1. The van der Waals surface area contributed by atoms with Crippen LogP contribution < -0.4 is 15.8 Å². The Morgan fingerprint density at radius 3 is 2.74 bits per heavy atom. The molecule has 5 nitrogen and oxygen atoms in total. The van der Waals surface area contributed by atoms with Gasteiger partial charge in [-0.05, 0) is 24.1 Å². The fourth-order valence-electron chi connectivity index (χ4n) is 2.11. The highest BCUT2D eigenvalue weighted by Crippen LogP contribution is 2.26. The molecule has 1 fully saturated rings. The normalized spacial score (nSPS) is 16.6. The maximum absolute atomic E-state index is 12.1. The van der Waals surface area contributed by atoms with Crippen molar-refractivity contribution in [3.05, 3.63) is 29.3 Å². The highest BCUT2D eigenvalue weighted by molar-refractivity contribution is 5.84. The van der Waals surface area contributed by atoms with E-state index in [9.17, 15) is 4.79 Å². The van der Waals surface area contributed by atoms with Crippen molar-refractivity contribution in [2.75, 3.05) is 26.9 Å². The van der Waals surface area contributed by atoms with Crippen molar-refractivity contribution in [3.8, 4) is 5.75 Å². The van der Waals surface area contributed by atoms with Crippen LogP contribution in [0.25, 0.3) is 0 Å². The van der Waals surface area contributed by atoms with Crippen LogP contribution in [0, 0.1) is 12.3 Å². The van der Waals surface area contributed by atoms with Gasteiger partial charge in [-0.25, -0.2) is 0 Å². The molecule has 0 aliphatic carbocycles. The Balaban J connectivity index is 1.95. The predicted molar refractivity (Wildman–Crippen MR) is 71.9 cm³/mol. The molecule has 3 N–H and O–H groups in total. The van der Waals surface area contributed by atoms with Crippen LogP contribution >= 0.6 is 0 Å². The predicted octanol–water partition coefficient (Wildman–Crippen LogP) is 0.595. The van der Waals surface area contributed by atoms with E-state index in [1.807, 2.05) is 25.1 Å². The van der Waals surface area contributed by atoms with Gasteiger partial charge in [0.2, 0.25) is 5.91 Å². The summed E-state index contributed by atoms with van der Waals surface area (Å²) in [6.07, 6.45) is 0. The van der Waals surface area contributed by atoms with Gasteiger partial charge in [0.25, 0.3) is 0 Å². The Morgan fingerprint density at radius 2 is 2.26 bits per heavy atom. The molecule has 0 bridgehead atoms. The minimum absolute atomic E-state index is 0.0327. The molecule has 5 heteroatoms.